The van der Waals surface area contributed by atoms with Gasteiger partial charge in [-0.25, -0.2) is 0 Å². The highest BCUT2D eigenvalue weighted by atomic mass is 32.2. The van der Waals surface area contributed by atoms with Crippen molar-refractivity contribution in [3.63, 3.8) is 0 Å². The molecule has 1 N–H and O–H groups in total. The molecule has 1 aromatic carbocycles. The van der Waals surface area contributed by atoms with Crippen molar-refractivity contribution in [1.29, 1.82) is 0 Å². The Bertz CT molecular complexity index is 448. The molecule has 2 rings (SSSR count). The Hall–Kier alpha value is -1.43. The van der Waals surface area contributed by atoms with Gasteiger partial charge in [0, 0.05) is 16.7 Å². The summed E-state index contributed by atoms with van der Waals surface area (Å²) in [5.41, 5.74) is -2.55. The SMILES string of the molecule is FC(F)(F)Sc1ccc(-c2cn[nH]c2)cc1. The van der Waals surface area contributed by atoms with Crippen molar-refractivity contribution in [2.45, 2.75) is 10.4 Å². The zero-order valence-electron chi connectivity index (χ0n) is 7.95. The molecule has 6 heteroatoms. The van der Waals surface area contributed by atoms with E-state index in [4.69, 9.17) is 0 Å². The molecule has 16 heavy (non-hydrogen) atoms. The number of nitrogens with one attached hydrogen (secondary N) is 1. The van der Waals surface area contributed by atoms with E-state index in [1.807, 2.05) is 0 Å². The van der Waals surface area contributed by atoms with Gasteiger partial charge in [0.1, 0.15) is 0 Å². The fourth-order valence-electron chi connectivity index (χ4n) is 1.26. The molecule has 0 saturated heterocycles. The normalized spacial score (nSPS) is 11.7. The quantitative estimate of drug-likeness (QED) is 0.816. The molecule has 2 nitrogen and oxygen atoms in total. The molecule has 0 saturated carbocycles. The molecule has 84 valence electrons. The minimum Gasteiger partial charge on any atom is -0.285 e. The summed E-state index contributed by atoms with van der Waals surface area (Å²) >= 11 is -0.117. The number of benzene rings is 1. The van der Waals surface area contributed by atoms with Crippen molar-refractivity contribution in [1.82, 2.24) is 10.2 Å². The molecular weight excluding hydrogens is 237 g/mol. The van der Waals surface area contributed by atoms with Gasteiger partial charge >= 0.3 is 5.51 Å². The first-order valence-electron chi connectivity index (χ1n) is 4.39. The first kappa shape index (κ1) is 11.1. The second-order valence-electron chi connectivity index (χ2n) is 3.06. The molecule has 0 aliphatic rings. The molecule has 2 aromatic rings. The third-order valence-electron chi connectivity index (χ3n) is 1.92. The van der Waals surface area contributed by atoms with Gasteiger partial charge in [-0.3, -0.25) is 5.10 Å². The summed E-state index contributed by atoms with van der Waals surface area (Å²) in [5, 5.41) is 6.42. The van der Waals surface area contributed by atoms with Gasteiger partial charge in [0.25, 0.3) is 0 Å². The fourth-order valence-corrected chi connectivity index (χ4v) is 1.80. The van der Waals surface area contributed by atoms with E-state index in [-0.39, 0.29) is 16.7 Å². The van der Waals surface area contributed by atoms with Crippen LogP contribution in [0.1, 0.15) is 0 Å². The monoisotopic (exact) mass is 244 g/mol. The molecule has 0 bridgehead atoms. The van der Waals surface area contributed by atoms with E-state index >= 15 is 0 Å². The maximum atomic E-state index is 12.1. The molecule has 0 fully saturated rings. The van der Waals surface area contributed by atoms with Crippen LogP contribution in [-0.4, -0.2) is 15.7 Å². The third kappa shape index (κ3) is 2.79. The first-order chi connectivity index (χ1) is 7.54. The topological polar surface area (TPSA) is 28.7 Å². The van der Waals surface area contributed by atoms with Crippen LogP contribution in [0.3, 0.4) is 0 Å². The summed E-state index contributed by atoms with van der Waals surface area (Å²) < 4.78 is 36.2. The van der Waals surface area contributed by atoms with Crippen molar-refractivity contribution < 1.29 is 13.2 Å². The first-order valence-corrected chi connectivity index (χ1v) is 5.21. The van der Waals surface area contributed by atoms with Crippen molar-refractivity contribution >= 4 is 11.8 Å². The Labute approximate surface area is 93.9 Å². The van der Waals surface area contributed by atoms with Gasteiger partial charge in [-0.05, 0) is 29.5 Å². The molecule has 0 atom stereocenters. The Balaban J connectivity index is 2.17. The Morgan fingerprint density at radius 1 is 1.06 bits per heavy atom. The molecule has 1 heterocycles. The predicted molar refractivity (Wildman–Crippen MR) is 55.9 cm³/mol. The number of nitrogens with zero attached hydrogens (tertiary/aromatic N) is 1. The van der Waals surface area contributed by atoms with E-state index in [0.29, 0.717) is 0 Å². The van der Waals surface area contributed by atoms with E-state index in [9.17, 15) is 13.2 Å². The molecule has 0 spiro atoms. The highest BCUT2D eigenvalue weighted by molar-refractivity contribution is 8.00. The lowest BCUT2D eigenvalue weighted by Gasteiger charge is -2.05. The molecule has 0 aliphatic carbocycles. The number of hydrogen-bond donors (Lipinski definition) is 1. The summed E-state index contributed by atoms with van der Waals surface area (Å²) in [6.07, 6.45) is 3.30. The number of aromatic nitrogens is 2. The summed E-state index contributed by atoms with van der Waals surface area (Å²) in [6, 6.07) is 6.17. The zero-order chi connectivity index (χ0) is 11.6. The lowest BCUT2D eigenvalue weighted by molar-refractivity contribution is -0.0328. The highest BCUT2D eigenvalue weighted by Gasteiger charge is 2.28. The number of hydrogen-bond acceptors (Lipinski definition) is 2. The second-order valence-corrected chi connectivity index (χ2v) is 4.20. The molecule has 0 radical (unpaired) electrons. The lowest BCUT2D eigenvalue weighted by atomic mass is 10.1. The van der Waals surface area contributed by atoms with E-state index in [1.54, 1.807) is 24.5 Å². The lowest BCUT2D eigenvalue weighted by Crippen LogP contribution is -1.98. The Morgan fingerprint density at radius 2 is 1.75 bits per heavy atom. The number of thioether (sulfide) groups is 1. The van der Waals surface area contributed by atoms with Crippen LogP contribution in [0.25, 0.3) is 11.1 Å². The molecule has 0 aliphatic heterocycles. The van der Waals surface area contributed by atoms with Gasteiger partial charge in [-0.1, -0.05) is 12.1 Å². The van der Waals surface area contributed by atoms with Crippen molar-refractivity contribution in [2.24, 2.45) is 0 Å². The number of rotatable bonds is 2. The predicted octanol–water partition coefficient (Wildman–Crippen LogP) is 3.69. The highest BCUT2D eigenvalue weighted by Crippen LogP contribution is 2.37. The zero-order valence-corrected chi connectivity index (χ0v) is 8.77. The third-order valence-corrected chi connectivity index (χ3v) is 2.66. The average Bonchev–Trinajstić information content (AvgIpc) is 2.69. The maximum Gasteiger partial charge on any atom is 0.446 e. The Kier molecular flexibility index (Phi) is 2.91. The number of H-pyrrole nitrogens is 1. The van der Waals surface area contributed by atoms with Crippen molar-refractivity contribution in [3.05, 3.63) is 36.7 Å². The number of halogens is 3. The van der Waals surface area contributed by atoms with Gasteiger partial charge in [-0.15, -0.1) is 0 Å². The van der Waals surface area contributed by atoms with Gasteiger partial charge in [0.2, 0.25) is 0 Å². The van der Waals surface area contributed by atoms with Gasteiger partial charge in [0.05, 0.1) is 6.20 Å². The van der Waals surface area contributed by atoms with Crippen molar-refractivity contribution in [3.8, 4) is 11.1 Å². The molecule has 0 unspecified atom stereocenters. The summed E-state index contributed by atoms with van der Waals surface area (Å²) in [5.74, 6) is 0. The van der Waals surface area contributed by atoms with E-state index < -0.39 is 5.51 Å². The summed E-state index contributed by atoms with van der Waals surface area (Å²) in [4.78, 5) is 0.180. The largest absolute Gasteiger partial charge is 0.446 e. The standard InChI is InChI=1S/C10H7F3N2S/c11-10(12,13)16-9-3-1-7(2-4-9)8-5-14-15-6-8/h1-6H,(H,14,15). The van der Waals surface area contributed by atoms with Crippen LogP contribution in [-0.2, 0) is 0 Å². The van der Waals surface area contributed by atoms with Gasteiger partial charge in [-0.2, -0.15) is 18.3 Å². The summed E-state index contributed by atoms with van der Waals surface area (Å²) in [7, 11) is 0. The number of alkyl halides is 3. The minimum atomic E-state index is -4.24. The average molecular weight is 244 g/mol. The van der Waals surface area contributed by atoms with Crippen LogP contribution in [0.2, 0.25) is 0 Å². The van der Waals surface area contributed by atoms with Crippen LogP contribution in [0.4, 0.5) is 13.2 Å². The Morgan fingerprint density at radius 3 is 2.25 bits per heavy atom. The van der Waals surface area contributed by atoms with E-state index in [0.717, 1.165) is 11.1 Å². The van der Waals surface area contributed by atoms with Crippen LogP contribution in [0.15, 0.2) is 41.6 Å². The fraction of sp³-hybridized carbons (Fsp3) is 0.100. The van der Waals surface area contributed by atoms with E-state index in [2.05, 4.69) is 10.2 Å². The van der Waals surface area contributed by atoms with E-state index in [1.165, 1.54) is 12.1 Å². The van der Waals surface area contributed by atoms with Gasteiger partial charge in [0.15, 0.2) is 0 Å². The van der Waals surface area contributed by atoms with Crippen LogP contribution in [0.5, 0.6) is 0 Å². The van der Waals surface area contributed by atoms with Gasteiger partial charge < -0.3 is 0 Å². The minimum absolute atomic E-state index is 0.117. The number of aromatic amines is 1. The second kappa shape index (κ2) is 4.21. The van der Waals surface area contributed by atoms with Crippen LogP contribution < -0.4 is 0 Å². The van der Waals surface area contributed by atoms with Crippen LogP contribution >= 0.6 is 11.8 Å². The van der Waals surface area contributed by atoms with Crippen LogP contribution in [0, 0.1) is 0 Å². The van der Waals surface area contributed by atoms with Crippen molar-refractivity contribution in [2.75, 3.05) is 0 Å². The smallest absolute Gasteiger partial charge is 0.285 e. The molecular formula is C10H7F3N2S. The molecule has 0 amide bonds. The maximum absolute atomic E-state index is 12.1. The summed E-state index contributed by atoms with van der Waals surface area (Å²) in [6.45, 7) is 0. The molecule has 1 aromatic heterocycles.